The van der Waals surface area contributed by atoms with Crippen LogP contribution in [-0.4, -0.2) is 44.9 Å². The molecule has 1 aromatic rings. The Kier molecular flexibility index (Phi) is 4.34. The minimum absolute atomic E-state index is 0.00738. The first-order valence-corrected chi connectivity index (χ1v) is 7.81. The fourth-order valence-corrected chi connectivity index (χ4v) is 3.32. The molecular formula is C15H22N4O2. The van der Waals surface area contributed by atoms with Gasteiger partial charge in [0.25, 0.3) is 0 Å². The molecule has 1 saturated heterocycles. The minimum Gasteiger partial charge on any atom is -0.336 e. The van der Waals surface area contributed by atoms with Crippen LogP contribution in [0.1, 0.15) is 38.5 Å². The summed E-state index contributed by atoms with van der Waals surface area (Å²) in [7, 11) is 0. The van der Waals surface area contributed by atoms with Gasteiger partial charge in [-0.15, -0.1) is 0 Å². The first kappa shape index (κ1) is 14.3. The van der Waals surface area contributed by atoms with Crippen molar-refractivity contribution in [2.75, 3.05) is 6.54 Å². The SMILES string of the molecule is O=C1CC(NCCn2ccnc2)C(=O)N1C1CCCCC1. The van der Waals surface area contributed by atoms with Gasteiger partial charge in [0.1, 0.15) is 0 Å². The standard InChI is InChI=1S/C15H22N4O2/c20-14-10-13(17-7-9-18-8-6-16-11-18)15(21)19(14)12-4-2-1-3-5-12/h6,8,11-13,17H,1-5,7,9-10H2. The van der Waals surface area contributed by atoms with Crippen LogP contribution in [0.25, 0.3) is 0 Å². The van der Waals surface area contributed by atoms with Crippen LogP contribution in [0.2, 0.25) is 0 Å². The largest absolute Gasteiger partial charge is 0.336 e. The van der Waals surface area contributed by atoms with Gasteiger partial charge >= 0.3 is 0 Å². The number of imide groups is 1. The maximum Gasteiger partial charge on any atom is 0.247 e. The number of rotatable bonds is 5. The second-order valence-corrected chi connectivity index (χ2v) is 5.91. The smallest absolute Gasteiger partial charge is 0.247 e. The summed E-state index contributed by atoms with van der Waals surface area (Å²) in [5.74, 6) is -0.0374. The van der Waals surface area contributed by atoms with Crippen molar-refractivity contribution in [3.63, 3.8) is 0 Å². The summed E-state index contributed by atoms with van der Waals surface area (Å²) >= 11 is 0. The lowest BCUT2D eigenvalue weighted by Crippen LogP contribution is -2.45. The van der Waals surface area contributed by atoms with Crippen LogP contribution < -0.4 is 5.32 Å². The van der Waals surface area contributed by atoms with Gasteiger partial charge in [0.15, 0.2) is 0 Å². The molecule has 0 spiro atoms. The van der Waals surface area contributed by atoms with E-state index in [4.69, 9.17) is 0 Å². The Labute approximate surface area is 124 Å². The highest BCUT2D eigenvalue weighted by molar-refractivity contribution is 6.05. The maximum absolute atomic E-state index is 12.4. The van der Waals surface area contributed by atoms with E-state index < -0.39 is 0 Å². The third-order valence-corrected chi connectivity index (χ3v) is 4.44. The summed E-state index contributed by atoms with van der Waals surface area (Å²) in [6, 6.07) is -0.206. The number of nitrogens with one attached hydrogen (secondary N) is 1. The predicted molar refractivity (Wildman–Crippen MR) is 77.4 cm³/mol. The summed E-state index contributed by atoms with van der Waals surface area (Å²) in [5.41, 5.74) is 0. The molecule has 0 aromatic carbocycles. The molecule has 21 heavy (non-hydrogen) atoms. The van der Waals surface area contributed by atoms with Crippen LogP contribution in [0.5, 0.6) is 0 Å². The Balaban J connectivity index is 1.53. The molecule has 0 bridgehead atoms. The van der Waals surface area contributed by atoms with Crippen molar-refractivity contribution in [3.05, 3.63) is 18.7 Å². The molecule has 1 atom stereocenters. The molecule has 1 aliphatic carbocycles. The predicted octanol–water partition coefficient (Wildman–Crippen LogP) is 0.933. The van der Waals surface area contributed by atoms with E-state index in [9.17, 15) is 9.59 Å². The number of hydrogen-bond donors (Lipinski definition) is 1. The molecule has 1 N–H and O–H groups in total. The van der Waals surface area contributed by atoms with Gasteiger partial charge in [0.05, 0.1) is 18.8 Å². The first-order valence-electron chi connectivity index (χ1n) is 7.81. The van der Waals surface area contributed by atoms with Gasteiger partial charge in [-0.05, 0) is 12.8 Å². The molecule has 3 rings (SSSR count). The van der Waals surface area contributed by atoms with E-state index in [1.165, 1.54) is 11.3 Å². The third kappa shape index (κ3) is 3.15. The molecular weight excluding hydrogens is 268 g/mol. The Morgan fingerprint density at radius 2 is 2.05 bits per heavy atom. The van der Waals surface area contributed by atoms with Crippen molar-refractivity contribution >= 4 is 11.8 Å². The van der Waals surface area contributed by atoms with Crippen molar-refractivity contribution in [2.24, 2.45) is 0 Å². The zero-order chi connectivity index (χ0) is 14.7. The van der Waals surface area contributed by atoms with Crippen molar-refractivity contribution in [1.82, 2.24) is 19.8 Å². The summed E-state index contributed by atoms with van der Waals surface area (Å²) in [5, 5.41) is 3.21. The number of nitrogens with zero attached hydrogens (tertiary/aromatic N) is 3. The van der Waals surface area contributed by atoms with Crippen LogP contribution in [0.15, 0.2) is 18.7 Å². The number of aromatic nitrogens is 2. The molecule has 2 aliphatic rings. The summed E-state index contributed by atoms with van der Waals surface area (Å²) in [6.07, 6.45) is 11.1. The summed E-state index contributed by atoms with van der Waals surface area (Å²) in [4.78, 5) is 30.1. The molecule has 1 unspecified atom stereocenters. The molecule has 2 amide bonds. The van der Waals surface area contributed by atoms with Crippen molar-refractivity contribution in [3.8, 4) is 0 Å². The summed E-state index contributed by atoms with van der Waals surface area (Å²) in [6.45, 7) is 1.42. The number of carbonyl (C=O) groups is 2. The van der Waals surface area contributed by atoms with Gasteiger partial charge in [-0.25, -0.2) is 4.98 Å². The lowest BCUT2D eigenvalue weighted by atomic mass is 9.94. The third-order valence-electron chi connectivity index (χ3n) is 4.44. The first-order chi connectivity index (χ1) is 10.3. The van der Waals surface area contributed by atoms with E-state index in [0.29, 0.717) is 13.0 Å². The topological polar surface area (TPSA) is 67.2 Å². The Hall–Kier alpha value is -1.69. The van der Waals surface area contributed by atoms with Crippen LogP contribution in [0.4, 0.5) is 0 Å². The Bertz CT molecular complexity index is 494. The lowest BCUT2D eigenvalue weighted by Gasteiger charge is -2.29. The normalized spacial score (nSPS) is 24.0. The highest BCUT2D eigenvalue weighted by Crippen LogP contribution is 2.27. The zero-order valence-corrected chi connectivity index (χ0v) is 12.2. The van der Waals surface area contributed by atoms with Gasteiger partial charge in [0, 0.05) is 31.5 Å². The monoisotopic (exact) mass is 290 g/mol. The lowest BCUT2D eigenvalue weighted by molar-refractivity contribution is -0.142. The minimum atomic E-state index is -0.344. The van der Waals surface area contributed by atoms with E-state index >= 15 is 0 Å². The average molecular weight is 290 g/mol. The number of imidazole rings is 1. The summed E-state index contributed by atoms with van der Waals surface area (Å²) < 4.78 is 1.95. The molecule has 2 fully saturated rings. The molecule has 1 aliphatic heterocycles. The van der Waals surface area contributed by atoms with Crippen LogP contribution in [0, 0.1) is 0 Å². The van der Waals surface area contributed by atoms with Gasteiger partial charge < -0.3 is 9.88 Å². The fourth-order valence-electron chi connectivity index (χ4n) is 3.32. The van der Waals surface area contributed by atoms with E-state index in [1.807, 2.05) is 10.8 Å². The van der Waals surface area contributed by atoms with Crippen molar-refractivity contribution in [2.45, 2.75) is 57.2 Å². The zero-order valence-electron chi connectivity index (χ0n) is 12.2. The van der Waals surface area contributed by atoms with Crippen LogP contribution in [0.3, 0.4) is 0 Å². The van der Waals surface area contributed by atoms with Crippen LogP contribution in [-0.2, 0) is 16.1 Å². The average Bonchev–Trinajstić information content (AvgIpc) is 3.09. The second kappa shape index (κ2) is 6.39. The van der Waals surface area contributed by atoms with E-state index in [1.54, 1.807) is 12.5 Å². The fraction of sp³-hybridized carbons (Fsp3) is 0.667. The highest BCUT2D eigenvalue weighted by atomic mass is 16.2. The number of hydrogen-bond acceptors (Lipinski definition) is 4. The van der Waals surface area contributed by atoms with Crippen molar-refractivity contribution in [1.29, 1.82) is 0 Å². The highest BCUT2D eigenvalue weighted by Gasteiger charge is 2.42. The second-order valence-electron chi connectivity index (χ2n) is 5.91. The number of carbonyl (C=O) groups excluding carboxylic acids is 2. The molecule has 2 heterocycles. The van der Waals surface area contributed by atoms with E-state index in [0.717, 1.165) is 32.2 Å². The van der Waals surface area contributed by atoms with E-state index in [2.05, 4.69) is 10.3 Å². The molecule has 1 aromatic heterocycles. The molecule has 1 saturated carbocycles. The Morgan fingerprint density at radius 1 is 1.24 bits per heavy atom. The number of likely N-dealkylation sites (tertiary alicyclic amines) is 1. The van der Waals surface area contributed by atoms with E-state index in [-0.39, 0.29) is 23.9 Å². The van der Waals surface area contributed by atoms with Gasteiger partial charge in [0.2, 0.25) is 11.8 Å². The van der Waals surface area contributed by atoms with Crippen LogP contribution >= 0.6 is 0 Å². The molecule has 6 nitrogen and oxygen atoms in total. The molecule has 6 heteroatoms. The van der Waals surface area contributed by atoms with Gasteiger partial charge in [-0.1, -0.05) is 19.3 Å². The van der Waals surface area contributed by atoms with Gasteiger partial charge in [-0.2, -0.15) is 0 Å². The maximum atomic E-state index is 12.4. The van der Waals surface area contributed by atoms with Gasteiger partial charge in [-0.3, -0.25) is 14.5 Å². The van der Waals surface area contributed by atoms with Crippen molar-refractivity contribution < 1.29 is 9.59 Å². The number of amides is 2. The quantitative estimate of drug-likeness (QED) is 0.819. The Morgan fingerprint density at radius 3 is 2.76 bits per heavy atom. The molecule has 114 valence electrons. The molecule has 0 radical (unpaired) electrons.